The Morgan fingerprint density at radius 2 is 2.10 bits per heavy atom. The normalized spacial score (nSPS) is 21.4. The van der Waals surface area contributed by atoms with Gasteiger partial charge in [-0.05, 0) is 55.0 Å². The molecule has 118 valence electrons. The van der Waals surface area contributed by atoms with Gasteiger partial charge in [-0.15, -0.1) is 0 Å². The zero-order valence-electron chi connectivity index (χ0n) is 13.3. The molecule has 1 aromatic carbocycles. The van der Waals surface area contributed by atoms with Gasteiger partial charge in [-0.3, -0.25) is 0 Å². The largest absolute Gasteiger partial charge is 0.393 e. The smallest absolute Gasteiger partial charge is 0.0546 e. The van der Waals surface area contributed by atoms with Crippen LogP contribution in [0, 0.1) is 11.8 Å². The fourth-order valence-corrected chi connectivity index (χ4v) is 3.31. The number of benzene rings is 1. The van der Waals surface area contributed by atoms with Crippen molar-refractivity contribution in [3.05, 3.63) is 28.2 Å². The highest BCUT2D eigenvalue weighted by atomic mass is 79.9. The van der Waals surface area contributed by atoms with E-state index in [1.54, 1.807) is 0 Å². The van der Waals surface area contributed by atoms with E-state index in [-0.39, 0.29) is 6.10 Å². The van der Waals surface area contributed by atoms with Gasteiger partial charge in [0.1, 0.15) is 0 Å². The number of nitrogens with zero attached hydrogens (tertiary/aromatic N) is 1. The molecule has 1 fully saturated rings. The van der Waals surface area contributed by atoms with Crippen molar-refractivity contribution >= 4 is 21.6 Å². The van der Waals surface area contributed by atoms with Crippen LogP contribution in [0.3, 0.4) is 0 Å². The Morgan fingerprint density at radius 3 is 2.71 bits per heavy atom. The lowest BCUT2D eigenvalue weighted by Crippen LogP contribution is -2.37. The predicted octanol–water partition coefficient (Wildman–Crippen LogP) is 3.40. The fraction of sp³-hybridized carbons (Fsp3) is 0.647. The van der Waals surface area contributed by atoms with Crippen LogP contribution in [-0.2, 0) is 6.54 Å². The molecule has 1 aromatic rings. The Labute approximate surface area is 136 Å². The molecule has 1 aliphatic rings. The average molecular weight is 355 g/mol. The number of anilines is 1. The third-order valence-electron chi connectivity index (χ3n) is 4.06. The van der Waals surface area contributed by atoms with Crippen molar-refractivity contribution in [3.63, 3.8) is 0 Å². The number of hydrogen-bond donors (Lipinski definition) is 2. The Hall–Kier alpha value is -0.580. The van der Waals surface area contributed by atoms with E-state index in [4.69, 9.17) is 0 Å². The lowest BCUT2D eigenvalue weighted by molar-refractivity contribution is 0.0464. The molecule has 0 unspecified atom stereocenters. The molecule has 0 heterocycles. The van der Waals surface area contributed by atoms with Gasteiger partial charge in [0, 0.05) is 30.3 Å². The molecular formula is C17H27BrN2O. The second kappa shape index (κ2) is 7.61. The summed E-state index contributed by atoms with van der Waals surface area (Å²) in [6.07, 6.45) is 1.82. The molecule has 3 nitrogen and oxygen atoms in total. The molecule has 0 aliphatic heterocycles. The standard InChI is InChI=1S/C17H27BrN2O/c1-12(2)9-19-10-14-8-15(18)4-5-17(14)20(3)11-13-6-16(21)7-13/h4-5,8,12-13,16,19,21H,6-7,9-11H2,1-3H3. The molecule has 1 aliphatic carbocycles. The number of nitrogens with one attached hydrogen (secondary N) is 1. The third-order valence-corrected chi connectivity index (χ3v) is 4.56. The van der Waals surface area contributed by atoms with E-state index in [1.165, 1.54) is 11.3 Å². The highest BCUT2D eigenvalue weighted by Crippen LogP contribution is 2.31. The van der Waals surface area contributed by atoms with Gasteiger partial charge in [-0.25, -0.2) is 0 Å². The first-order valence-corrected chi connectivity index (χ1v) is 8.63. The first-order chi connectivity index (χ1) is 9.95. The second-order valence-electron chi connectivity index (χ2n) is 6.67. The van der Waals surface area contributed by atoms with Crippen LogP contribution in [-0.4, -0.2) is 31.3 Å². The summed E-state index contributed by atoms with van der Waals surface area (Å²) in [5.41, 5.74) is 2.61. The van der Waals surface area contributed by atoms with Crippen LogP contribution in [0.1, 0.15) is 32.3 Å². The number of aliphatic hydroxyl groups is 1. The minimum Gasteiger partial charge on any atom is -0.393 e. The van der Waals surface area contributed by atoms with Crippen molar-refractivity contribution < 1.29 is 5.11 Å². The van der Waals surface area contributed by atoms with E-state index < -0.39 is 0 Å². The molecule has 0 radical (unpaired) electrons. The van der Waals surface area contributed by atoms with Gasteiger partial charge in [0.25, 0.3) is 0 Å². The summed E-state index contributed by atoms with van der Waals surface area (Å²) in [5.74, 6) is 1.29. The van der Waals surface area contributed by atoms with Crippen LogP contribution in [0.5, 0.6) is 0 Å². The Morgan fingerprint density at radius 1 is 1.38 bits per heavy atom. The fourth-order valence-electron chi connectivity index (χ4n) is 2.90. The van der Waals surface area contributed by atoms with Crippen LogP contribution >= 0.6 is 15.9 Å². The maximum atomic E-state index is 9.43. The number of rotatable bonds is 7. The van der Waals surface area contributed by atoms with Crippen molar-refractivity contribution in [3.8, 4) is 0 Å². The highest BCUT2D eigenvalue weighted by Gasteiger charge is 2.28. The first-order valence-electron chi connectivity index (χ1n) is 7.84. The van der Waals surface area contributed by atoms with Crippen molar-refractivity contribution in [2.24, 2.45) is 11.8 Å². The van der Waals surface area contributed by atoms with Crippen LogP contribution in [0.25, 0.3) is 0 Å². The highest BCUT2D eigenvalue weighted by molar-refractivity contribution is 9.10. The molecule has 0 amide bonds. The van der Waals surface area contributed by atoms with Gasteiger partial charge in [0.05, 0.1) is 6.10 Å². The Bertz CT molecular complexity index is 458. The van der Waals surface area contributed by atoms with Crippen molar-refractivity contribution in [2.45, 2.75) is 39.3 Å². The first kappa shape index (κ1) is 16.8. The zero-order chi connectivity index (χ0) is 15.4. The molecule has 4 heteroatoms. The molecule has 0 bridgehead atoms. The molecule has 2 rings (SSSR count). The van der Waals surface area contributed by atoms with Gasteiger partial charge < -0.3 is 15.3 Å². The molecule has 0 atom stereocenters. The number of aliphatic hydroxyl groups excluding tert-OH is 1. The minimum absolute atomic E-state index is 0.0690. The summed E-state index contributed by atoms with van der Waals surface area (Å²) in [6, 6.07) is 6.49. The number of hydrogen-bond acceptors (Lipinski definition) is 3. The summed E-state index contributed by atoms with van der Waals surface area (Å²) in [4.78, 5) is 2.33. The zero-order valence-corrected chi connectivity index (χ0v) is 14.9. The summed E-state index contributed by atoms with van der Waals surface area (Å²) in [6.45, 7) is 7.40. The maximum absolute atomic E-state index is 9.43. The third kappa shape index (κ3) is 4.97. The van der Waals surface area contributed by atoms with Gasteiger partial charge in [-0.2, -0.15) is 0 Å². The molecular weight excluding hydrogens is 328 g/mol. The van der Waals surface area contributed by atoms with Gasteiger partial charge in [-0.1, -0.05) is 29.8 Å². The monoisotopic (exact) mass is 354 g/mol. The molecule has 2 N–H and O–H groups in total. The maximum Gasteiger partial charge on any atom is 0.0546 e. The van der Waals surface area contributed by atoms with E-state index in [2.05, 4.69) is 65.2 Å². The lowest BCUT2D eigenvalue weighted by atomic mass is 9.82. The van der Waals surface area contributed by atoms with Crippen LogP contribution in [0.4, 0.5) is 5.69 Å². The summed E-state index contributed by atoms with van der Waals surface area (Å²) >= 11 is 3.57. The number of halogens is 1. The van der Waals surface area contributed by atoms with E-state index in [9.17, 15) is 5.11 Å². The minimum atomic E-state index is -0.0690. The van der Waals surface area contributed by atoms with E-state index in [1.807, 2.05) is 0 Å². The van der Waals surface area contributed by atoms with Gasteiger partial charge in [0.15, 0.2) is 0 Å². The van der Waals surface area contributed by atoms with Crippen molar-refractivity contribution in [1.82, 2.24) is 5.32 Å². The Kier molecular flexibility index (Phi) is 6.08. The van der Waals surface area contributed by atoms with Crippen LogP contribution in [0.2, 0.25) is 0 Å². The van der Waals surface area contributed by atoms with Crippen molar-refractivity contribution in [1.29, 1.82) is 0 Å². The van der Waals surface area contributed by atoms with E-state index in [0.29, 0.717) is 11.8 Å². The summed E-state index contributed by atoms with van der Waals surface area (Å²) < 4.78 is 1.13. The van der Waals surface area contributed by atoms with Crippen LogP contribution < -0.4 is 10.2 Å². The summed E-state index contributed by atoms with van der Waals surface area (Å²) in [7, 11) is 2.15. The SMILES string of the molecule is CC(C)CNCc1cc(Br)ccc1N(C)CC1CC(O)C1. The van der Waals surface area contributed by atoms with Crippen molar-refractivity contribution in [2.75, 3.05) is 25.0 Å². The summed E-state index contributed by atoms with van der Waals surface area (Å²) in [5, 5.41) is 13.0. The molecule has 0 saturated heterocycles. The molecule has 1 saturated carbocycles. The van der Waals surface area contributed by atoms with E-state index >= 15 is 0 Å². The molecule has 0 aromatic heterocycles. The van der Waals surface area contributed by atoms with E-state index in [0.717, 1.165) is 36.9 Å². The topological polar surface area (TPSA) is 35.5 Å². The second-order valence-corrected chi connectivity index (χ2v) is 7.59. The molecule has 21 heavy (non-hydrogen) atoms. The van der Waals surface area contributed by atoms with Gasteiger partial charge in [0.2, 0.25) is 0 Å². The quantitative estimate of drug-likeness (QED) is 0.787. The molecule has 0 spiro atoms. The predicted molar refractivity (Wildman–Crippen MR) is 92.7 cm³/mol. The van der Waals surface area contributed by atoms with Crippen LogP contribution in [0.15, 0.2) is 22.7 Å². The Balaban J connectivity index is 1.99. The van der Waals surface area contributed by atoms with Gasteiger partial charge >= 0.3 is 0 Å². The average Bonchev–Trinajstić information content (AvgIpc) is 2.36. The lowest BCUT2D eigenvalue weighted by Gasteiger charge is -2.36.